The van der Waals surface area contributed by atoms with Gasteiger partial charge in [-0.2, -0.15) is 5.10 Å². The summed E-state index contributed by atoms with van der Waals surface area (Å²) in [6.07, 6.45) is 7.92. The molecule has 8 nitrogen and oxygen atoms in total. The number of carbonyl (C=O) groups is 2. The smallest absolute Gasteiger partial charge is 0.270 e. The lowest BCUT2D eigenvalue weighted by Crippen LogP contribution is -2.48. The molecule has 1 aliphatic rings. The largest absolute Gasteiger partial charge is 0.338 e. The number of fused-ring (bicyclic) bond motifs is 1. The first-order valence-corrected chi connectivity index (χ1v) is 12.7. The number of hydrogen-bond donors (Lipinski definition) is 2. The molecule has 0 unspecified atom stereocenters. The fourth-order valence-electron chi connectivity index (χ4n) is 4.89. The van der Waals surface area contributed by atoms with Crippen LogP contribution in [0.5, 0.6) is 0 Å². The molecule has 184 valence electrons. The molecule has 0 aliphatic heterocycles. The van der Waals surface area contributed by atoms with Crippen molar-refractivity contribution < 1.29 is 9.59 Å². The molecule has 0 bridgehead atoms. The van der Waals surface area contributed by atoms with Gasteiger partial charge >= 0.3 is 0 Å². The molecule has 2 aromatic heterocycles. The van der Waals surface area contributed by atoms with Crippen LogP contribution in [0.3, 0.4) is 0 Å². The normalized spacial score (nSPS) is 15.7. The average Bonchev–Trinajstić information content (AvgIpc) is 3.50. The highest BCUT2D eigenvalue weighted by Crippen LogP contribution is 2.36. The van der Waals surface area contributed by atoms with Crippen LogP contribution in [0.4, 0.5) is 5.69 Å². The van der Waals surface area contributed by atoms with Crippen LogP contribution in [0.25, 0.3) is 5.69 Å². The summed E-state index contributed by atoms with van der Waals surface area (Å²) in [6, 6.07) is 14.7. The quantitative estimate of drug-likeness (QED) is 0.371. The molecule has 2 N–H and O–H groups in total. The summed E-state index contributed by atoms with van der Waals surface area (Å²) in [5.41, 5.74) is 4.31. The number of nitrogens with one attached hydrogen (secondary N) is 2. The van der Waals surface area contributed by atoms with Crippen LogP contribution < -0.4 is 10.6 Å². The van der Waals surface area contributed by atoms with Crippen molar-refractivity contribution in [3.63, 3.8) is 0 Å². The van der Waals surface area contributed by atoms with E-state index >= 15 is 0 Å². The van der Waals surface area contributed by atoms with E-state index < -0.39 is 6.04 Å². The van der Waals surface area contributed by atoms with E-state index in [-0.39, 0.29) is 17.7 Å². The number of nitrogens with zero attached hydrogens (tertiary/aromatic N) is 4. The molecular formula is C27H27BrN6O2. The zero-order valence-corrected chi connectivity index (χ0v) is 21.7. The van der Waals surface area contributed by atoms with Crippen molar-refractivity contribution in [1.29, 1.82) is 0 Å². The number of halogens is 1. The van der Waals surface area contributed by atoms with Crippen molar-refractivity contribution in [3.8, 4) is 5.69 Å². The molecule has 0 saturated heterocycles. The number of aromatic nitrogens is 4. The topological polar surface area (TPSA) is 93.8 Å². The van der Waals surface area contributed by atoms with Gasteiger partial charge in [-0.05, 0) is 79.8 Å². The van der Waals surface area contributed by atoms with Crippen LogP contribution in [0.15, 0.2) is 71.6 Å². The summed E-state index contributed by atoms with van der Waals surface area (Å²) in [7, 11) is 1.71. The second kappa shape index (κ2) is 10.1. The average molecular weight is 547 g/mol. The van der Waals surface area contributed by atoms with E-state index in [9.17, 15) is 9.59 Å². The lowest BCUT2D eigenvalue weighted by molar-refractivity contribution is -0.118. The first-order valence-electron chi connectivity index (χ1n) is 11.9. The first kappa shape index (κ1) is 24.0. The second-order valence-electron chi connectivity index (χ2n) is 9.01. The maximum atomic E-state index is 13.7. The predicted octanol–water partition coefficient (Wildman–Crippen LogP) is 4.53. The predicted molar refractivity (Wildman–Crippen MR) is 141 cm³/mol. The molecule has 2 atom stereocenters. The third-order valence-electron chi connectivity index (χ3n) is 6.73. The number of anilines is 1. The van der Waals surface area contributed by atoms with E-state index in [1.54, 1.807) is 25.5 Å². The van der Waals surface area contributed by atoms with Crippen LogP contribution in [-0.4, -0.2) is 37.2 Å². The zero-order valence-electron chi connectivity index (χ0n) is 20.1. The zero-order chi connectivity index (χ0) is 25.2. The summed E-state index contributed by atoms with van der Waals surface area (Å²) < 4.78 is 4.43. The standard InChI is InChI=1S/C27H27BrN6O2/c1-17-29-14-15-34(17)21-10-8-20(9-11-21)31-27(36)25(32-26(35)24-12-13-30-33(24)2)22-5-3-4-18-6-7-19(28)16-23(18)22/h6-16,22,25H,3-5H2,1-2H3,(H,31,36)(H,32,35)/t22-,25+/m1/s1. The maximum absolute atomic E-state index is 13.7. The Balaban J connectivity index is 1.43. The van der Waals surface area contributed by atoms with E-state index in [4.69, 9.17) is 0 Å². The highest BCUT2D eigenvalue weighted by Gasteiger charge is 2.35. The van der Waals surface area contributed by atoms with Gasteiger partial charge in [0.2, 0.25) is 5.91 Å². The van der Waals surface area contributed by atoms with E-state index in [1.165, 1.54) is 10.2 Å². The molecule has 2 aromatic carbocycles. The van der Waals surface area contributed by atoms with Crippen molar-refractivity contribution in [2.45, 2.75) is 38.1 Å². The Morgan fingerprint density at radius 1 is 1.11 bits per heavy atom. The first-order chi connectivity index (χ1) is 17.4. The number of rotatable bonds is 6. The number of amides is 2. The van der Waals surface area contributed by atoms with Crippen molar-refractivity contribution in [1.82, 2.24) is 24.6 Å². The Labute approximate surface area is 217 Å². The van der Waals surface area contributed by atoms with Gasteiger partial charge in [0.15, 0.2) is 0 Å². The van der Waals surface area contributed by atoms with Crippen molar-refractivity contribution in [2.24, 2.45) is 7.05 Å². The molecule has 5 rings (SSSR count). The summed E-state index contributed by atoms with van der Waals surface area (Å²) in [5.74, 6) is 0.140. The van der Waals surface area contributed by atoms with Gasteiger partial charge < -0.3 is 15.2 Å². The lowest BCUT2D eigenvalue weighted by Gasteiger charge is -2.32. The molecule has 36 heavy (non-hydrogen) atoms. The minimum absolute atomic E-state index is 0.156. The number of benzene rings is 2. The van der Waals surface area contributed by atoms with Gasteiger partial charge in [0.25, 0.3) is 5.91 Å². The Morgan fingerprint density at radius 3 is 2.61 bits per heavy atom. The van der Waals surface area contributed by atoms with E-state index in [0.717, 1.165) is 40.8 Å². The molecule has 2 amide bonds. The van der Waals surface area contributed by atoms with Crippen molar-refractivity contribution >= 4 is 33.4 Å². The third kappa shape index (κ3) is 4.83. The van der Waals surface area contributed by atoms with Gasteiger partial charge in [-0.15, -0.1) is 0 Å². The van der Waals surface area contributed by atoms with Gasteiger partial charge in [-0.25, -0.2) is 4.98 Å². The molecule has 0 saturated carbocycles. The molecule has 0 spiro atoms. The molecule has 0 radical (unpaired) electrons. The molecule has 1 aliphatic carbocycles. The maximum Gasteiger partial charge on any atom is 0.270 e. The Bertz CT molecular complexity index is 1410. The minimum atomic E-state index is -0.753. The van der Waals surface area contributed by atoms with Gasteiger partial charge in [0.05, 0.1) is 0 Å². The van der Waals surface area contributed by atoms with Crippen LogP contribution in [0, 0.1) is 6.92 Å². The summed E-state index contributed by atoms with van der Waals surface area (Å²) in [6.45, 7) is 1.94. The fourth-order valence-corrected chi connectivity index (χ4v) is 5.27. The van der Waals surface area contributed by atoms with Crippen LogP contribution in [0.1, 0.15) is 46.2 Å². The summed E-state index contributed by atoms with van der Waals surface area (Å²) in [4.78, 5) is 31.1. The van der Waals surface area contributed by atoms with Gasteiger partial charge in [-0.3, -0.25) is 14.3 Å². The molecule has 9 heteroatoms. The minimum Gasteiger partial charge on any atom is -0.338 e. The summed E-state index contributed by atoms with van der Waals surface area (Å²) >= 11 is 3.57. The number of imidazole rings is 1. The Morgan fingerprint density at radius 2 is 1.92 bits per heavy atom. The summed E-state index contributed by atoms with van der Waals surface area (Å²) in [5, 5.41) is 10.1. The fraction of sp³-hybridized carbons (Fsp3) is 0.259. The van der Waals surface area contributed by atoms with Gasteiger partial charge in [-0.1, -0.05) is 22.0 Å². The van der Waals surface area contributed by atoms with Crippen molar-refractivity contribution in [3.05, 3.63) is 94.2 Å². The Hall–Kier alpha value is -3.72. The van der Waals surface area contributed by atoms with Crippen molar-refractivity contribution in [2.75, 3.05) is 5.32 Å². The highest BCUT2D eigenvalue weighted by molar-refractivity contribution is 9.10. The molecular weight excluding hydrogens is 520 g/mol. The number of hydrogen-bond acceptors (Lipinski definition) is 4. The molecule has 2 heterocycles. The monoisotopic (exact) mass is 546 g/mol. The van der Waals surface area contributed by atoms with Gasteiger partial charge in [0.1, 0.15) is 17.6 Å². The Kier molecular flexibility index (Phi) is 6.73. The highest BCUT2D eigenvalue weighted by atomic mass is 79.9. The van der Waals surface area contributed by atoms with E-state index in [1.807, 2.05) is 48.0 Å². The molecule has 4 aromatic rings. The van der Waals surface area contributed by atoms with E-state index in [2.05, 4.69) is 48.8 Å². The van der Waals surface area contributed by atoms with Crippen LogP contribution in [0.2, 0.25) is 0 Å². The number of aryl methyl sites for hydroxylation is 3. The van der Waals surface area contributed by atoms with E-state index in [0.29, 0.717) is 11.4 Å². The second-order valence-corrected chi connectivity index (χ2v) is 9.93. The number of carbonyl (C=O) groups excluding carboxylic acids is 2. The van der Waals surface area contributed by atoms with Crippen LogP contribution >= 0.6 is 15.9 Å². The SMILES string of the molecule is Cc1nccn1-c1ccc(NC(=O)[C@@H](NC(=O)c2ccnn2C)[C@@H]2CCCc3ccc(Br)cc32)cc1. The lowest BCUT2D eigenvalue weighted by atomic mass is 9.78. The third-order valence-corrected chi connectivity index (χ3v) is 7.23. The van der Waals surface area contributed by atoms with Gasteiger partial charge in [0, 0.05) is 47.4 Å². The van der Waals surface area contributed by atoms with Crippen LogP contribution in [-0.2, 0) is 18.3 Å². The molecule has 0 fully saturated rings.